The van der Waals surface area contributed by atoms with Crippen LogP contribution in [0.5, 0.6) is 0 Å². The summed E-state index contributed by atoms with van der Waals surface area (Å²) < 4.78 is 45.5. The Morgan fingerprint density at radius 2 is 2.15 bits per heavy atom. The number of halogens is 1. The lowest BCUT2D eigenvalue weighted by Crippen LogP contribution is -2.38. The first-order valence-electron chi connectivity index (χ1n) is 6.35. The first kappa shape index (κ1) is 17.0. The monoisotopic (exact) mass is 305 g/mol. The van der Waals surface area contributed by atoms with Crippen molar-refractivity contribution in [1.82, 2.24) is 4.72 Å². The molecule has 0 saturated heterocycles. The molecule has 2 N–H and O–H groups in total. The van der Waals surface area contributed by atoms with Crippen LogP contribution in [0, 0.1) is 5.82 Å². The van der Waals surface area contributed by atoms with E-state index in [2.05, 4.69) is 4.72 Å². The molecule has 0 saturated carbocycles. The van der Waals surface area contributed by atoms with Crippen LogP contribution in [-0.4, -0.2) is 33.3 Å². The Kier molecular flexibility index (Phi) is 6.54. The van der Waals surface area contributed by atoms with Crippen molar-refractivity contribution in [2.24, 2.45) is 0 Å². The largest absolute Gasteiger partial charge is 0.392 e. The Bertz CT molecular complexity index is 527. The topological polar surface area (TPSA) is 75.6 Å². The second kappa shape index (κ2) is 7.68. The zero-order valence-corrected chi connectivity index (χ0v) is 12.4. The van der Waals surface area contributed by atoms with Crippen LogP contribution in [0.15, 0.2) is 23.1 Å². The molecule has 20 heavy (non-hydrogen) atoms. The number of hydrogen-bond acceptors (Lipinski definition) is 4. The van der Waals surface area contributed by atoms with Crippen LogP contribution in [0.1, 0.15) is 25.3 Å². The summed E-state index contributed by atoms with van der Waals surface area (Å²) in [6, 6.07) is 3.15. The minimum Gasteiger partial charge on any atom is -0.392 e. The molecule has 0 aliphatic rings. The number of rotatable bonds is 8. The van der Waals surface area contributed by atoms with Crippen molar-refractivity contribution in [3.05, 3.63) is 29.6 Å². The van der Waals surface area contributed by atoms with Gasteiger partial charge in [0, 0.05) is 13.2 Å². The second-order valence-corrected chi connectivity index (χ2v) is 6.17. The molecule has 7 heteroatoms. The van der Waals surface area contributed by atoms with E-state index < -0.39 is 26.8 Å². The van der Waals surface area contributed by atoms with Gasteiger partial charge >= 0.3 is 0 Å². The van der Waals surface area contributed by atoms with Crippen molar-refractivity contribution in [1.29, 1.82) is 0 Å². The smallest absolute Gasteiger partial charge is 0.243 e. The molecular weight excluding hydrogens is 285 g/mol. The molecule has 0 aliphatic carbocycles. The van der Waals surface area contributed by atoms with Gasteiger partial charge in [0.25, 0.3) is 0 Å². The molecule has 0 bridgehead atoms. The number of nitrogens with one attached hydrogen (secondary N) is 1. The molecule has 114 valence electrons. The molecular formula is C13H20FNO4S. The molecule has 1 aromatic rings. The fourth-order valence-electron chi connectivity index (χ4n) is 1.87. The maximum absolute atomic E-state index is 13.8. The van der Waals surface area contributed by atoms with Gasteiger partial charge in [-0.1, -0.05) is 19.4 Å². The van der Waals surface area contributed by atoms with E-state index in [1.54, 1.807) is 0 Å². The number of methoxy groups -OCH3 is 1. The number of aliphatic hydroxyl groups excluding tert-OH is 1. The fourth-order valence-corrected chi connectivity index (χ4v) is 3.18. The highest BCUT2D eigenvalue weighted by Crippen LogP contribution is 2.17. The van der Waals surface area contributed by atoms with E-state index in [1.807, 2.05) is 6.92 Å². The lowest BCUT2D eigenvalue weighted by atomic mass is 10.2. The molecule has 1 atom stereocenters. The van der Waals surface area contributed by atoms with Gasteiger partial charge in [-0.3, -0.25) is 0 Å². The highest BCUT2D eigenvalue weighted by atomic mass is 32.2. The zero-order valence-electron chi connectivity index (χ0n) is 11.6. The summed E-state index contributed by atoms with van der Waals surface area (Å²) in [4.78, 5) is -0.424. The van der Waals surface area contributed by atoms with Crippen LogP contribution < -0.4 is 4.72 Å². The van der Waals surface area contributed by atoms with Crippen LogP contribution in [0.2, 0.25) is 0 Å². The standard InChI is InChI=1S/C13H20FNO4S/c1-3-4-11(9-19-2)15-20(17,18)13-6-5-10(8-16)7-12(13)14/h5-7,11,15-16H,3-4,8-9H2,1-2H3. The molecule has 1 aromatic carbocycles. The van der Waals surface area contributed by atoms with Crippen molar-refractivity contribution < 1.29 is 22.7 Å². The molecule has 5 nitrogen and oxygen atoms in total. The van der Waals surface area contributed by atoms with Gasteiger partial charge in [-0.15, -0.1) is 0 Å². The van der Waals surface area contributed by atoms with Gasteiger partial charge in [0.1, 0.15) is 10.7 Å². The summed E-state index contributed by atoms with van der Waals surface area (Å²) in [7, 11) is -2.47. The van der Waals surface area contributed by atoms with E-state index in [9.17, 15) is 12.8 Å². The van der Waals surface area contributed by atoms with E-state index in [4.69, 9.17) is 9.84 Å². The van der Waals surface area contributed by atoms with E-state index in [1.165, 1.54) is 13.2 Å². The Balaban J connectivity index is 2.97. The Morgan fingerprint density at radius 3 is 2.65 bits per heavy atom. The normalized spacial score (nSPS) is 13.4. The van der Waals surface area contributed by atoms with Gasteiger partial charge in [0.05, 0.1) is 13.2 Å². The van der Waals surface area contributed by atoms with Crippen molar-refractivity contribution in [2.45, 2.75) is 37.3 Å². The number of ether oxygens (including phenoxy) is 1. The minimum atomic E-state index is -3.95. The van der Waals surface area contributed by atoms with Crippen LogP contribution in [-0.2, 0) is 21.4 Å². The molecule has 0 heterocycles. The number of hydrogen-bond donors (Lipinski definition) is 2. The van der Waals surface area contributed by atoms with Gasteiger partial charge in [-0.05, 0) is 24.1 Å². The summed E-state index contributed by atoms with van der Waals surface area (Å²) in [5.74, 6) is -0.878. The highest BCUT2D eigenvalue weighted by Gasteiger charge is 2.23. The van der Waals surface area contributed by atoms with Crippen LogP contribution in [0.4, 0.5) is 4.39 Å². The maximum atomic E-state index is 13.8. The number of sulfonamides is 1. The lowest BCUT2D eigenvalue weighted by molar-refractivity contribution is 0.171. The van der Waals surface area contributed by atoms with E-state index in [0.717, 1.165) is 18.6 Å². The van der Waals surface area contributed by atoms with E-state index in [-0.39, 0.29) is 13.2 Å². The van der Waals surface area contributed by atoms with Gasteiger partial charge in [-0.2, -0.15) is 0 Å². The van der Waals surface area contributed by atoms with Crippen LogP contribution in [0.25, 0.3) is 0 Å². The van der Waals surface area contributed by atoms with Crippen molar-refractivity contribution in [3.63, 3.8) is 0 Å². The van der Waals surface area contributed by atoms with Crippen LogP contribution >= 0.6 is 0 Å². The molecule has 1 unspecified atom stereocenters. The zero-order chi connectivity index (χ0) is 15.2. The summed E-state index contributed by atoms with van der Waals surface area (Å²) in [5.41, 5.74) is 0.323. The van der Waals surface area contributed by atoms with Crippen molar-refractivity contribution >= 4 is 10.0 Å². The molecule has 0 aromatic heterocycles. The number of aliphatic hydroxyl groups is 1. The quantitative estimate of drug-likeness (QED) is 0.761. The Morgan fingerprint density at radius 1 is 1.45 bits per heavy atom. The van der Waals surface area contributed by atoms with E-state index in [0.29, 0.717) is 12.0 Å². The van der Waals surface area contributed by atoms with E-state index >= 15 is 0 Å². The summed E-state index contributed by atoms with van der Waals surface area (Å²) >= 11 is 0. The first-order valence-corrected chi connectivity index (χ1v) is 7.83. The molecule has 0 spiro atoms. The predicted molar refractivity (Wildman–Crippen MR) is 73.2 cm³/mol. The third kappa shape index (κ3) is 4.52. The molecule has 1 rings (SSSR count). The molecule has 0 fully saturated rings. The highest BCUT2D eigenvalue weighted by molar-refractivity contribution is 7.89. The average Bonchev–Trinajstić information content (AvgIpc) is 2.38. The molecule has 0 aliphatic heterocycles. The third-order valence-corrected chi connectivity index (χ3v) is 4.35. The summed E-state index contributed by atoms with van der Waals surface area (Å²) in [6.45, 7) is 1.81. The van der Waals surface area contributed by atoms with Crippen molar-refractivity contribution in [2.75, 3.05) is 13.7 Å². The Hall–Kier alpha value is -1.02. The fraction of sp³-hybridized carbons (Fsp3) is 0.538. The van der Waals surface area contributed by atoms with Gasteiger partial charge in [-0.25, -0.2) is 17.5 Å². The van der Waals surface area contributed by atoms with Crippen LogP contribution in [0.3, 0.4) is 0 Å². The second-order valence-electron chi connectivity index (χ2n) is 4.49. The average molecular weight is 305 g/mol. The lowest BCUT2D eigenvalue weighted by Gasteiger charge is -2.17. The summed E-state index contributed by atoms with van der Waals surface area (Å²) in [6.07, 6.45) is 1.38. The molecule has 0 radical (unpaired) electrons. The van der Waals surface area contributed by atoms with Crippen molar-refractivity contribution in [3.8, 4) is 0 Å². The first-order chi connectivity index (χ1) is 9.44. The molecule has 0 amide bonds. The number of benzene rings is 1. The summed E-state index contributed by atoms with van der Waals surface area (Å²) in [5, 5.41) is 8.89. The maximum Gasteiger partial charge on any atom is 0.243 e. The van der Waals surface area contributed by atoms with Gasteiger partial charge in [0.15, 0.2) is 0 Å². The van der Waals surface area contributed by atoms with Gasteiger partial charge in [0.2, 0.25) is 10.0 Å². The third-order valence-electron chi connectivity index (χ3n) is 2.80. The minimum absolute atomic E-state index is 0.226. The predicted octanol–water partition coefficient (Wildman–Crippen LogP) is 1.41. The van der Waals surface area contributed by atoms with Gasteiger partial charge < -0.3 is 9.84 Å². The SMILES string of the molecule is CCCC(COC)NS(=O)(=O)c1ccc(CO)cc1F. The Labute approximate surface area is 118 Å².